The predicted octanol–water partition coefficient (Wildman–Crippen LogP) is 5.89. The Balaban J connectivity index is 1.31. The van der Waals surface area contributed by atoms with Gasteiger partial charge in [0.1, 0.15) is 5.82 Å². The van der Waals surface area contributed by atoms with Crippen LogP contribution in [0.25, 0.3) is 11.0 Å². The number of piperidine rings is 2. The van der Waals surface area contributed by atoms with Gasteiger partial charge in [-0.2, -0.15) is 0 Å². The fraction of sp³-hybridized carbons (Fsp3) is 0.741. The van der Waals surface area contributed by atoms with Gasteiger partial charge in [-0.15, -0.1) is 0 Å². The van der Waals surface area contributed by atoms with Crippen molar-refractivity contribution < 1.29 is 0 Å². The van der Waals surface area contributed by atoms with Gasteiger partial charge in [-0.25, -0.2) is 4.98 Å². The maximum absolute atomic E-state index is 5.17. The Labute approximate surface area is 188 Å². The molecule has 1 aliphatic carbocycles. The third-order valence-corrected chi connectivity index (χ3v) is 8.56. The van der Waals surface area contributed by atoms with Gasteiger partial charge in [-0.3, -0.25) is 0 Å². The monoisotopic (exact) mass is 422 g/mol. The lowest BCUT2D eigenvalue weighted by Crippen LogP contribution is -2.44. The van der Waals surface area contributed by atoms with Crippen LogP contribution in [0.2, 0.25) is 0 Å². The number of hydrogen-bond donors (Lipinski definition) is 1. The van der Waals surface area contributed by atoms with Crippen LogP contribution in [0.3, 0.4) is 0 Å². The average Bonchev–Trinajstić information content (AvgIpc) is 3.19. The third kappa shape index (κ3) is 4.71. The van der Waals surface area contributed by atoms with E-state index in [1.807, 2.05) is 0 Å². The summed E-state index contributed by atoms with van der Waals surface area (Å²) in [6.07, 6.45) is 15.3. The van der Waals surface area contributed by atoms with Gasteiger partial charge in [0, 0.05) is 37.6 Å². The molecule has 2 atom stereocenters. The average molecular weight is 423 g/mol. The van der Waals surface area contributed by atoms with Gasteiger partial charge in [0.2, 0.25) is 0 Å². The molecular formula is C27H42N4. The molecule has 0 spiro atoms. The van der Waals surface area contributed by atoms with Crippen molar-refractivity contribution in [3.05, 3.63) is 30.1 Å². The Morgan fingerprint density at radius 1 is 0.903 bits per heavy atom. The normalized spacial score (nSPS) is 26.5. The van der Waals surface area contributed by atoms with E-state index in [9.17, 15) is 0 Å². The fourth-order valence-corrected chi connectivity index (χ4v) is 6.63. The quantitative estimate of drug-likeness (QED) is 0.667. The molecule has 1 unspecified atom stereocenters. The second-order valence-electron chi connectivity index (χ2n) is 10.5. The number of fused-ring (bicyclic) bond motifs is 1. The van der Waals surface area contributed by atoms with Crippen LogP contribution in [0.15, 0.2) is 24.3 Å². The van der Waals surface area contributed by atoms with Crippen molar-refractivity contribution in [2.75, 3.05) is 26.2 Å². The maximum atomic E-state index is 5.17. The topological polar surface area (TPSA) is 33.1 Å². The lowest BCUT2D eigenvalue weighted by molar-refractivity contribution is 0.0954. The van der Waals surface area contributed by atoms with Crippen LogP contribution in [-0.2, 0) is 0 Å². The van der Waals surface area contributed by atoms with Crippen LogP contribution in [0.4, 0.5) is 0 Å². The second-order valence-corrected chi connectivity index (χ2v) is 10.5. The molecule has 1 N–H and O–H groups in total. The van der Waals surface area contributed by atoms with E-state index >= 15 is 0 Å². The van der Waals surface area contributed by atoms with E-state index in [1.54, 1.807) is 0 Å². The highest BCUT2D eigenvalue weighted by atomic mass is 15.2. The van der Waals surface area contributed by atoms with Crippen molar-refractivity contribution in [1.82, 2.24) is 19.8 Å². The van der Waals surface area contributed by atoms with Crippen molar-refractivity contribution in [2.24, 2.45) is 5.92 Å². The first-order valence-electron chi connectivity index (χ1n) is 13.2. The highest BCUT2D eigenvalue weighted by Crippen LogP contribution is 2.35. The van der Waals surface area contributed by atoms with Crippen molar-refractivity contribution >= 4 is 11.0 Å². The standard InChI is InChI=1S/C27H42N4/c1-21(22-10-5-3-2-4-6-11-22)30-18-15-24(16-19-30)31-26-14-8-7-13-25(26)29-27(31)23-12-9-17-28-20-23/h7-8,13-14,21-24,28H,2-6,9-12,15-20H2,1H3/t21?,23-/m1/s1. The number of rotatable bonds is 4. The zero-order valence-corrected chi connectivity index (χ0v) is 19.6. The van der Waals surface area contributed by atoms with E-state index in [0.717, 1.165) is 25.0 Å². The Kier molecular flexibility index (Phi) is 6.95. The molecule has 2 saturated heterocycles. The van der Waals surface area contributed by atoms with E-state index < -0.39 is 0 Å². The summed E-state index contributed by atoms with van der Waals surface area (Å²) in [6.45, 7) is 7.27. The number of nitrogens with zero attached hydrogens (tertiary/aromatic N) is 3. The van der Waals surface area contributed by atoms with E-state index in [1.165, 1.54) is 101 Å². The van der Waals surface area contributed by atoms with Crippen molar-refractivity contribution in [2.45, 2.75) is 95.6 Å². The van der Waals surface area contributed by atoms with Crippen LogP contribution in [0, 0.1) is 5.92 Å². The van der Waals surface area contributed by atoms with Gasteiger partial charge < -0.3 is 14.8 Å². The molecule has 3 aliphatic rings. The number of imidazole rings is 1. The molecule has 1 saturated carbocycles. The fourth-order valence-electron chi connectivity index (χ4n) is 6.63. The third-order valence-electron chi connectivity index (χ3n) is 8.56. The van der Waals surface area contributed by atoms with Crippen LogP contribution < -0.4 is 5.32 Å². The molecule has 4 nitrogen and oxygen atoms in total. The molecule has 0 amide bonds. The van der Waals surface area contributed by atoms with Gasteiger partial charge >= 0.3 is 0 Å². The molecular weight excluding hydrogens is 380 g/mol. The molecule has 31 heavy (non-hydrogen) atoms. The molecule has 3 heterocycles. The highest BCUT2D eigenvalue weighted by Gasteiger charge is 2.31. The Morgan fingerprint density at radius 3 is 2.39 bits per heavy atom. The van der Waals surface area contributed by atoms with Gasteiger partial charge in [-0.05, 0) is 70.0 Å². The Hall–Kier alpha value is -1.39. The molecule has 4 heteroatoms. The first-order chi connectivity index (χ1) is 15.3. The summed E-state index contributed by atoms with van der Waals surface area (Å²) in [5, 5.41) is 3.61. The molecule has 0 radical (unpaired) electrons. The van der Waals surface area contributed by atoms with Gasteiger partial charge in [-0.1, -0.05) is 44.2 Å². The van der Waals surface area contributed by atoms with Gasteiger partial charge in [0.15, 0.2) is 0 Å². The van der Waals surface area contributed by atoms with E-state index in [2.05, 4.69) is 46.0 Å². The van der Waals surface area contributed by atoms with E-state index in [0.29, 0.717) is 12.0 Å². The summed E-state index contributed by atoms with van der Waals surface area (Å²) in [6, 6.07) is 10.2. The predicted molar refractivity (Wildman–Crippen MR) is 130 cm³/mol. The molecule has 5 rings (SSSR count). The van der Waals surface area contributed by atoms with Crippen LogP contribution >= 0.6 is 0 Å². The minimum atomic E-state index is 0.563. The summed E-state index contributed by atoms with van der Waals surface area (Å²) in [7, 11) is 0. The van der Waals surface area contributed by atoms with Gasteiger partial charge in [0.05, 0.1) is 11.0 Å². The summed E-state index contributed by atoms with van der Waals surface area (Å²) in [4.78, 5) is 7.99. The Morgan fingerprint density at radius 2 is 1.65 bits per heavy atom. The molecule has 0 bridgehead atoms. The molecule has 1 aromatic carbocycles. The molecule has 2 aromatic rings. The number of hydrogen-bond acceptors (Lipinski definition) is 3. The largest absolute Gasteiger partial charge is 0.324 e. The highest BCUT2D eigenvalue weighted by molar-refractivity contribution is 5.76. The Bertz CT molecular complexity index is 821. The molecule has 170 valence electrons. The van der Waals surface area contributed by atoms with Crippen molar-refractivity contribution in [1.29, 1.82) is 0 Å². The van der Waals surface area contributed by atoms with Crippen LogP contribution in [-0.4, -0.2) is 46.7 Å². The summed E-state index contributed by atoms with van der Waals surface area (Å²) in [5.41, 5.74) is 2.54. The number of para-hydroxylation sites is 2. The zero-order chi connectivity index (χ0) is 21.0. The number of nitrogens with one attached hydrogen (secondary N) is 1. The maximum Gasteiger partial charge on any atom is 0.114 e. The van der Waals surface area contributed by atoms with Gasteiger partial charge in [0.25, 0.3) is 0 Å². The second kappa shape index (κ2) is 10.0. The minimum Gasteiger partial charge on any atom is -0.324 e. The van der Waals surface area contributed by atoms with Crippen LogP contribution in [0.1, 0.15) is 95.3 Å². The van der Waals surface area contributed by atoms with Crippen LogP contribution in [0.5, 0.6) is 0 Å². The van der Waals surface area contributed by atoms with Crippen molar-refractivity contribution in [3.8, 4) is 0 Å². The summed E-state index contributed by atoms with van der Waals surface area (Å²) >= 11 is 0. The lowest BCUT2D eigenvalue weighted by atomic mass is 9.85. The molecule has 2 aliphatic heterocycles. The smallest absolute Gasteiger partial charge is 0.114 e. The number of aromatic nitrogens is 2. The number of likely N-dealkylation sites (tertiary alicyclic amines) is 1. The van der Waals surface area contributed by atoms with Crippen molar-refractivity contribution in [3.63, 3.8) is 0 Å². The SMILES string of the molecule is CC(C1CCCCCCC1)N1CCC(n2c([C@@H]3CCCNC3)nc3ccccc32)CC1. The first kappa shape index (κ1) is 21.5. The van der Waals surface area contributed by atoms with E-state index in [-0.39, 0.29) is 0 Å². The zero-order valence-electron chi connectivity index (χ0n) is 19.6. The van der Waals surface area contributed by atoms with E-state index in [4.69, 9.17) is 4.98 Å². The minimum absolute atomic E-state index is 0.563. The first-order valence-corrected chi connectivity index (χ1v) is 13.2. The lowest BCUT2D eigenvalue weighted by Gasteiger charge is -2.41. The number of benzene rings is 1. The molecule has 3 fully saturated rings. The summed E-state index contributed by atoms with van der Waals surface area (Å²) in [5.74, 6) is 2.82. The summed E-state index contributed by atoms with van der Waals surface area (Å²) < 4.78 is 2.66. The molecule has 1 aromatic heterocycles.